The fourth-order valence-corrected chi connectivity index (χ4v) is 6.70. The molecule has 0 aliphatic carbocycles. The average molecular weight is 763 g/mol. The summed E-state index contributed by atoms with van der Waals surface area (Å²) in [4.78, 5) is 25.6. The summed E-state index contributed by atoms with van der Waals surface area (Å²) in [6.07, 6.45) is 25.8. The smallest absolute Gasteiger partial charge is 0.343 e. The molecule has 0 atom stereocenters. The number of hydrogen-bond donors (Lipinski definition) is 0. The summed E-state index contributed by atoms with van der Waals surface area (Å²) in [5.74, 6) is 1.60. The van der Waals surface area contributed by atoms with Gasteiger partial charge in [0.05, 0.1) is 24.3 Å². The molecular formula is C50H66O6. The Balaban J connectivity index is 1.10. The maximum absolute atomic E-state index is 12.8. The summed E-state index contributed by atoms with van der Waals surface area (Å²) in [5, 5.41) is 0. The van der Waals surface area contributed by atoms with Crippen LogP contribution in [0.2, 0.25) is 0 Å². The molecule has 0 fully saturated rings. The van der Waals surface area contributed by atoms with E-state index in [4.69, 9.17) is 18.9 Å². The summed E-state index contributed by atoms with van der Waals surface area (Å²) >= 11 is 0. The third-order valence-electron chi connectivity index (χ3n) is 10.2. The minimum Gasteiger partial charge on any atom is -0.494 e. The van der Waals surface area contributed by atoms with Crippen LogP contribution in [0.3, 0.4) is 0 Å². The highest BCUT2D eigenvalue weighted by Crippen LogP contribution is 2.26. The van der Waals surface area contributed by atoms with E-state index in [2.05, 4.69) is 13.8 Å². The van der Waals surface area contributed by atoms with Crippen LogP contribution in [0.1, 0.15) is 163 Å². The van der Waals surface area contributed by atoms with Crippen molar-refractivity contribution in [3.63, 3.8) is 0 Å². The summed E-state index contributed by atoms with van der Waals surface area (Å²) in [7, 11) is 0. The number of rotatable bonds is 29. The third kappa shape index (κ3) is 17.5. The van der Waals surface area contributed by atoms with Crippen molar-refractivity contribution < 1.29 is 28.5 Å². The van der Waals surface area contributed by atoms with E-state index < -0.39 is 11.9 Å². The maximum Gasteiger partial charge on any atom is 0.343 e. The number of ether oxygens (including phenoxy) is 4. The zero-order valence-electron chi connectivity index (χ0n) is 34.2. The van der Waals surface area contributed by atoms with Crippen LogP contribution in [0.5, 0.6) is 23.0 Å². The van der Waals surface area contributed by atoms with Gasteiger partial charge < -0.3 is 18.9 Å². The first kappa shape index (κ1) is 44.1. The Hall–Kier alpha value is -4.58. The highest BCUT2D eigenvalue weighted by Gasteiger charge is 2.11. The molecule has 0 aliphatic rings. The van der Waals surface area contributed by atoms with Crippen LogP contribution in [0.15, 0.2) is 97.1 Å². The van der Waals surface area contributed by atoms with Crippen molar-refractivity contribution in [3.05, 3.63) is 108 Å². The Morgan fingerprint density at radius 1 is 0.339 bits per heavy atom. The van der Waals surface area contributed by atoms with Gasteiger partial charge in [-0.25, -0.2) is 9.59 Å². The lowest BCUT2D eigenvalue weighted by atomic mass is 10.1. The van der Waals surface area contributed by atoms with Crippen molar-refractivity contribution in [2.75, 3.05) is 13.2 Å². The number of esters is 2. The van der Waals surface area contributed by atoms with Crippen LogP contribution in [0, 0.1) is 0 Å². The van der Waals surface area contributed by atoms with Crippen LogP contribution in [0.25, 0.3) is 11.1 Å². The van der Waals surface area contributed by atoms with Gasteiger partial charge in [0.25, 0.3) is 0 Å². The molecule has 0 saturated carbocycles. The quantitative estimate of drug-likeness (QED) is 0.0312. The molecule has 4 aromatic rings. The van der Waals surface area contributed by atoms with Crippen LogP contribution >= 0.6 is 0 Å². The zero-order valence-corrected chi connectivity index (χ0v) is 34.2. The van der Waals surface area contributed by atoms with Crippen molar-refractivity contribution in [2.24, 2.45) is 0 Å². The van der Waals surface area contributed by atoms with Gasteiger partial charge in [-0.1, -0.05) is 154 Å². The second-order valence-corrected chi connectivity index (χ2v) is 14.9. The number of carbonyl (C=O) groups is 2. The molecule has 0 unspecified atom stereocenters. The van der Waals surface area contributed by atoms with Gasteiger partial charge in [0.1, 0.15) is 23.0 Å². The van der Waals surface area contributed by atoms with Crippen molar-refractivity contribution >= 4 is 11.9 Å². The lowest BCUT2D eigenvalue weighted by molar-refractivity contribution is 0.0725. The first-order valence-electron chi connectivity index (χ1n) is 21.7. The van der Waals surface area contributed by atoms with E-state index >= 15 is 0 Å². The van der Waals surface area contributed by atoms with Crippen LogP contribution in [-0.4, -0.2) is 25.2 Å². The normalized spacial score (nSPS) is 11.0. The highest BCUT2D eigenvalue weighted by atomic mass is 16.5. The van der Waals surface area contributed by atoms with Gasteiger partial charge in [0, 0.05) is 0 Å². The van der Waals surface area contributed by atoms with E-state index in [0.29, 0.717) is 35.8 Å². The number of unbranched alkanes of at least 4 members (excludes halogenated alkanes) is 18. The Bertz CT molecular complexity index is 1500. The molecule has 0 bridgehead atoms. The predicted octanol–water partition coefficient (Wildman–Crippen LogP) is 14.4. The first-order chi connectivity index (χ1) is 27.6. The van der Waals surface area contributed by atoms with Gasteiger partial charge in [-0.2, -0.15) is 0 Å². The Morgan fingerprint density at radius 2 is 0.607 bits per heavy atom. The summed E-state index contributed by atoms with van der Waals surface area (Å²) in [6, 6.07) is 28.9. The zero-order chi connectivity index (χ0) is 39.5. The monoisotopic (exact) mass is 762 g/mol. The molecule has 0 spiro atoms. The van der Waals surface area contributed by atoms with Gasteiger partial charge in [-0.15, -0.1) is 0 Å². The number of benzene rings is 4. The Kier molecular flexibility index (Phi) is 21.4. The van der Waals surface area contributed by atoms with Crippen molar-refractivity contribution in [3.8, 4) is 34.1 Å². The molecule has 0 heterocycles. The first-order valence-corrected chi connectivity index (χ1v) is 21.7. The van der Waals surface area contributed by atoms with E-state index in [1.54, 1.807) is 48.5 Å². The number of carbonyl (C=O) groups excluding carboxylic acids is 2. The summed E-state index contributed by atoms with van der Waals surface area (Å²) < 4.78 is 23.0. The van der Waals surface area contributed by atoms with Gasteiger partial charge >= 0.3 is 11.9 Å². The fraction of sp³-hybridized carbons (Fsp3) is 0.480. The molecular weight excluding hydrogens is 697 g/mol. The molecule has 56 heavy (non-hydrogen) atoms. The minimum atomic E-state index is -0.420. The van der Waals surface area contributed by atoms with Gasteiger partial charge in [-0.3, -0.25) is 0 Å². The lowest BCUT2D eigenvalue weighted by Gasteiger charge is -2.09. The molecule has 0 N–H and O–H groups in total. The predicted molar refractivity (Wildman–Crippen MR) is 229 cm³/mol. The van der Waals surface area contributed by atoms with Crippen LogP contribution in [0.4, 0.5) is 0 Å². The van der Waals surface area contributed by atoms with Crippen molar-refractivity contribution in [1.82, 2.24) is 0 Å². The number of hydrogen-bond acceptors (Lipinski definition) is 6. The lowest BCUT2D eigenvalue weighted by Crippen LogP contribution is -2.08. The van der Waals surface area contributed by atoms with Crippen molar-refractivity contribution in [2.45, 2.75) is 142 Å². The van der Waals surface area contributed by atoms with Crippen LogP contribution in [-0.2, 0) is 0 Å². The summed E-state index contributed by atoms with van der Waals surface area (Å²) in [5.41, 5.74) is 2.82. The molecule has 0 aromatic heterocycles. The largest absolute Gasteiger partial charge is 0.494 e. The molecule has 302 valence electrons. The van der Waals surface area contributed by atoms with E-state index in [0.717, 1.165) is 35.5 Å². The standard InChI is InChI=1S/C50H66O6/c1-3-5-7-9-11-13-15-17-19-21-39-53-45-31-27-43(28-32-45)49(51)55-47-35-23-41(24-36-47)42-25-37-48(38-26-42)56-50(52)44-29-33-46(34-30-44)54-40-22-20-18-16-14-12-10-8-6-4-2/h23-38H,3-22,39-40H2,1-2H3. The maximum atomic E-state index is 12.8. The molecule has 4 aromatic carbocycles. The van der Waals surface area contributed by atoms with Gasteiger partial charge in [-0.05, 0) is 96.8 Å². The third-order valence-corrected chi connectivity index (χ3v) is 10.2. The average Bonchev–Trinajstić information content (AvgIpc) is 3.23. The Morgan fingerprint density at radius 3 is 0.911 bits per heavy atom. The molecule has 0 saturated heterocycles. The van der Waals surface area contributed by atoms with E-state index in [1.165, 1.54) is 116 Å². The molecule has 0 amide bonds. The second kappa shape index (κ2) is 27.1. The Labute approximate surface area is 337 Å². The minimum absolute atomic E-state index is 0.420. The van der Waals surface area contributed by atoms with Crippen LogP contribution < -0.4 is 18.9 Å². The molecule has 4 rings (SSSR count). The molecule has 6 heteroatoms. The fourth-order valence-electron chi connectivity index (χ4n) is 6.70. The summed E-state index contributed by atoms with van der Waals surface area (Å²) in [6.45, 7) is 5.89. The van der Waals surface area contributed by atoms with E-state index in [9.17, 15) is 9.59 Å². The SMILES string of the molecule is CCCCCCCCCCCCOc1ccc(C(=O)Oc2ccc(-c3ccc(OC(=O)c4ccc(OCCCCCCCCCCCC)cc4)cc3)cc2)cc1. The van der Waals surface area contributed by atoms with Gasteiger partial charge in [0.2, 0.25) is 0 Å². The van der Waals surface area contributed by atoms with Crippen molar-refractivity contribution in [1.29, 1.82) is 0 Å². The van der Waals surface area contributed by atoms with E-state index in [1.807, 2.05) is 48.5 Å². The molecule has 6 nitrogen and oxygen atoms in total. The topological polar surface area (TPSA) is 71.1 Å². The second-order valence-electron chi connectivity index (χ2n) is 14.9. The van der Waals surface area contributed by atoms with Gasteiger partial charge in [0.15, 0.2) is 0 Å². The molecule has 0 radical (unpaired) electrons. The highest BCUT2D eigenvalue weighted by molar-refractivity contribution is 5.92. The van der Waals surface area contributed by atoms with E-state index in [-0.39, 0.29) is 0 Å². The molecule has 0 aliphatic heterocycles.